The lowest BCUT2D eigenvalue weighted by Gasteiger charge is -2.27. The second-order valence-corrected chi connectivity index (χ2v) is 4.40. The number of benzene rings is 1. The van der Waals surface area contributed by atoms with E-state index in [2.05, 4.69) is 0 Å². The molecule has 1 aromatic carbocycles. The van der Waals surface area contributed by atoms with Gasteiger partial charge in [0.1, 0.15) is 0 Å². The number of rotatable bonds is 1. The van der Waals surface area contributed by atoms with Crippen LogP contribution in [0.4, 0.5) is 8.78 Å². The lowest BCUT2D eigenvalue weighted by molar-refractivity contribution is 0.0302. The molecule has 3 nitrogen and oxygen atoms in total. The van der Waals surface area contributed by atoms with Crippen LogP contribution in [0.1, 0.15) is 21.5 Å². The summed E-state index contributed by atoms with van der Waals surface area (Å²) in [5.74, 6) is -2.09. The van der Waals surface area contributed by atoms with E-state index in [0.717, 1.165) is 0 Å². The van der Waals surface area contributed by atoms with E-state index in [9.17, 15) is 13.6 Å². The quantitative estimate of drug-likeness (QED) is 0.768. The van der Waals surface area contributed by atoms with E-state index < -0.39 is 11.6 Å². The Hall–Kier alpha value is -1.49. The Morgan fingerprint density at radius 2 is 1.83 bits per heavy atom. The van der Waals surface area contributed by atoms with Crippen LogP contribution in [0.2, 0.25) is 0 Å². The number of morpholine rings is 1. The molecule has 18 heavy (non-hydrogen) atoms. The van der Waals surface area contributed by atoms with E-state index in [1.165, 1.54) is 19.9 Å². The fraction of sp³-hybridized carbons (Fsp3) is 0.462. The third-order valence-electron chi connectivity index (χ3n) is 3.16. The number of hydrogen-bond acceptors (Lipinski definition) is 2. The van der Waals surface area contributed by atoms with Crippen LogP contribution in [0.25, 0.3) is 0 Å². The minimum atomic E-state index is -0.938. The van der Waals surface area contributed by atoms with Crippen molar-refractivity contribution in [1.29, 1.82) is 0 Å². The standard InChI is InChI=1S/C13H15F2NO2/c1-8-7-10(9(2)12(15)11(8)14)13(17)16-3-5-18-6-4-16/h7H,3-6H2,1-2H3. The first-order valence-electron chi connectivity index (χ1n) is 5.84. The lowest BCUT2D eigenvalue weighted by Crippen LogP contribution is -2.41. The summed E-state index contributed by atoms with van der Waals surface area (Å²) >= 11 is 0. The molecule has 0 unspecified atom stereocenters. The highest BCUT2D eigenvalue weighted by Gasteiger charge is 2.23. The highest BCUT2D eigenvalue weighted by Crippen LogP contribution is 2.21. The predicted octanol–water partition coefficient (Wildman–Crippen LogP) is 2.05. The molecule has 98 valence electrons. The molecule has 1 fully saturated rings. The van der Waals surface area contributed by atoms with Crippen molar-refractivity contribution in [3.05, 3.63) is 34.4 Å². The van der Waals surface area contributed by atoms with Gasteiger partial charge in [-0.3, -0.25) is 4.79 Å². The zero-order valence-electron chi connectivity index (χ0n) is 10.4. The number of aryl methyl sites for hydroxylation is 1. The molecular formula is C13H15F2NO2. The molecule has 0 N–H and O–H groups in total. The number of carbonyl (C=O) groups is 1. The average Bonchev–Trinajstić information content (AvgIpc) is 2.41. The van der Waals surface area contributed by atoms with Gasteiger partial charge in [0.25, 0.3) is 5.91 Å². The minimum Gasteiger partial charge on any atom is -0.378 e. The fourth-order valence-corrected chi connectivity index (χ4v) is 2.00. The van der Waals surface area contributed by atoms with Gasteiger partial charge in [0.15, 0.2) is 11.6 Å². The van der Waals surface area contributed by atoms with Crippen molar-refractivity contribution in [1.82, 2.24) is 4.90 Å². The monoisotopic (exact) mass is 255 g/mol. The first-order valence-corrected chi connectivity index (χ1v) is 5.84. The van der Waals surface area contributed by atoms with E-state index in [-0.39, 0.29) is 22.6 Å². The first kappa shape index (κ1) is 13.0. The van der Waals surface area contributed by atoms with Crippen molar-refractivity contribution in [3.63, 3.8) is 0 Å². The highest BCUT2D eigenvalue weighted by atomic mass is 19.2. The van der Waals surface area contributed by atoms with Crippen molar-refractivity contribution in [2.24, 2.45) is 0 Å². The van der Waals surface area contributed by atoms with Gasteiger partial charge in [0.2, 0.25) is 0 Å². The summed E-state index contributed by atoms with van der Waals surface area (Å²) in [6.45, 7) is 4.80. The molecule has 1 aliphatic heterocycles. The lowest BCUT2D eigenvalue weighted by atomic mass is 10.0. The van der Waals surface area contributed by atoms with Crippen LogP contribution in [0.15, 0.2) is 6.07 Å². The van der Waals surface area contributed by atoms with Gasteiger partial charge >= 0.3 is 0 Å². The maximum atomic E-state index is 13.6. The number of amides is 1. The van der Waals surface area contributed by atoms with Crippen molar-refractivity contribution < 1.29 is 18.3 Å². The molecule has 0 aliphatic carbocycles. The Morgan fingerprint density at radius 3 is 2.44 bits per heavy atom. The molecular weight excluding hydrogens is 240 g/mol. The third kappa shape index (κ3) is 2.22. The van der Waals surface area contributed by atoms with Gasteiger partial charge in [-0.25, -0.2) is 8.78 Å². The Labute approximate surface area is 104 Å². The molecule has 1 aliphatic rings. The Morgan fingerprint density at radius 1 is 1.22 bits per heavy atom. The summed E-state index contributed by atoms with van der Waals surface area (Å²) in [5.41, 5.74) is 0.442. The maximum absolute atomic E-state index is 13.6. The summed E-state index contributed by atoms with van der Waals surface area (Å²) in [6, 6.07) is 1.41. The Kier molecular flexibility index (Phi) is 3.61. The van der Waals surface area contributed by atoms with E-state index in [4.69, 9.17) is 4.74 Å². The number of halogens is 2. The van der Waals surface area contributed by atoms with Gasteiger partial charge in [-0.1, -0.05) is 0 Å². The molecule has 0 bridgehead atoms. The van der Waals surface area contributed by atoms with Crippen LogP contribution in [-0.2, 0) is 4.74 Å². The topological polar surface area (TPSA) is 29.5 Å². The zero-order valence-corrected chi connectivity index (χ0v) is 10.4. The Balaban J connectivity index is 2.35. The SMILES string of the molecule is Cc1cc(C(=O)N2CCOCC2)c(C)c(F)c1F. The molecule has 1 saturated heterocycles. The van der Waals surface area contributed by atoms with Crippen molar-refractivity contribution in [3.8, 4) is 0 Å². The van der Waals surface area contributed by atoms with E-state index >= 15 is 0 Å². The molecule has 1 heterocycles. The smallest absolute Gasteiger partial charge is 0.254 e. The maximum Gasteiger partial charge on any atom is 0.254 e. The average molecular weight is 255 g/mol. The van der Waals surface area contributed by atoms with Gasteiger partial charge in [-0.2, -0.15) is 0 Å². The number of nitrogens with zero attached hydrogens (tertiary/aromatic N) is 1. The minimum absolute atomic E-state index is 0.0644. The molecule has 0 radical (unpaired) electrons. The third-order valence-corrected chi connectivity index (χ3v) is 3.16. The van der Waals surface area contributed by atoms with E-state index in [1.54, 1.807) is 4.90 Å². The molecule has 5 heteroatoms. The molecule has 0 saturated carbocycles. The Bertz CT molecular complexity index is 482. The van der Waals surface area contributed by atoms with E-state index in [0.29, 0.717) is 26.3 Å². The van der Waals surface area contributed by atoms with Gasteiger partial charge < -0.3 is 9.64 Å². The highest BCUT2D eigenvalue weighted by molar-refractivity contribution is 5.96. The van der Waals surface area contributed by atoms with Crippen molar-refractivity contribution in [2.75, 3.05) is 26.3 Å². The second-order valence-electron chi connectivity index (χ2n) is 4.40. The van der Waals surface area contributed by atoms with Gasteiger partial charge in [-0.05, 0) is 25.5 Å². The second kappa shape index (κ2) is 5.02. The zero-order chi connectivity index (χ0) is 13.3. The summed E-state index contributed by atoms with van der Waals surface area (Å²) < 4.78 is 32.1. The number of hydrogen-bond donors (Lipinski definition) is 0. The summed E-state index contributed by atoms with van der Waals surface area (Å²) in [6.07, 6.45) is 0. The normalized spacial score (nSPS) is 15.9. The van der Waals surface area contributed by atoms with Gasteiger partial charge in [-0.15, -0.1) is 0 Å². The predicted molar refractivity (Wildman–Crippen MR) is 62.6 cm³/mol. The summed E-state index contributed by atoms with van der Waals surface area (Å²) in [7, 11) is 0. The van der Waals surface area contributed by atoms with Gasteiger partial charge in [0.05, 0.1) is 13.2 Å². The van der Waals surface area contributed by atoms with Crippen molar-refractivity contribution in [2.45, 2.75) is 13.8 Å². The number of carbonyl (C=O) groups excluding carboxylic acids is 1. The largest absolute Gasteiger partial charge is 0.378 e. The van der Waals surface area contributed by atoms with Crippen LogP contribution in [0.5, 0.6) is 0 Å². The van der Waals surface area contributed by atoms with Gasteiger partial charge in [0, 0.05) is 24.2 Å². The first-order chi connectivity index (χ1) is 8.52. The van der Waals surface area contributed by atoms with Crippen LogP contribution in [-0.4, -0.2) is 37.1 Å². The molecule has 0 atom stereocenters. The molecule has 1 amide bonds. The fourth-order valence-electron chi connectivity index (χ4n) is 2.00. The summed E-state index contributed by atoms with van der Waals surface area (Å²) in [4.78, 5) is 13.8. The van der Waals surface area contributed by atoms with Crippen LogP contribution >= 0.6 is 0 Å². The van der Waals surface area contributed by atoms with Crippen LogP contribution in [0.3, 0.4) is 0 Å². The molecule has 0 aromatic heterocycles. The summed E-state index contributed by atoms with van der Waals surface area (Å²) in [5, 5.41) is 0. The van der Waals surface area contributed by atoms with Crippen LogP contribution in [0, 0.1) is 25.5 Å². The molecule has 2 rings (SSSR count). The van der Waals surface area contributed by atoms with Crippen LogP contribution < -0.4 is 0 Å². The number of ether oxygens (including phenoxy) is 1. The van der Waals surface area contributed by atoms with E-state index in [1.807, 2.05) is 0 Å². The molecule has 0 spiro atoms. The van der Waals surface area contributed by atoms with Crippen molar-refractivity contribution >= 4 is 5.91 Å². The molecule has 1 aromatic rings.